The van der Waals surface area contributed by atoms with Gasteiger partial charge < -0.3 is 19.5 Å². The van der Waals surface area contributed by atoms with Gasteiger partial charge in [0, 0.05) is 33.8 Å². The highest BCUT2D eigenvalue weighted by Crippen LogP contribution is 2.49. The van der Waals surface area contributed by atoms with Crippen LogP contribution in [-0.2, 0) is 14.3 Å². The quantitative estimate of drug-likeness (QED) is 0.413. The Bertz CT molecular complexity index is 1280. The summed E-state index contributed by atoms with van der Waals surface area (Å²) in [7, 11) is 3.16. The number of hydrogen-bond acceptors (Lipinski definition) is 6. The van der Waals surface area contributed by atoms with E-state index in [-0.39, 0.29) is 23.8 Å². The molecule has 7 heteroatoms. The molecule has 1 fully saturated rings. The Morgan fingerprint density at radius 1 is 1.00 bits per heavy atom. The molecule has 2 aromatic rings. The molecule has 2 aliphatic carbocycles. The molecular formula is C30H32BrNO5. The summed E-state index contributed by atoms with van der Waals surface area (Å²) in [5, 5.41) is 3.44. The number of carbonyl (C=O) groups excluding carboxylic acids is 2. The summed E-state index contributed by atoms with van der Waals surface area (Å²) in [6.07, 6.45) is 4.87. The SMILES string of the molecule is COc1cc(Br)c([C@@H]2C(C(=O)OC3CCCC3)=C(C)NC3=C2C(=O)C[C@@H](c2ccccc2)C3)cc1OC. The molecular weight excluding hydrogens is 534 g/mol. The smallest absolute Gasteiger partial charge is 0.337 e. The average molecular weight is 566 g/mol. The molecule has 0 radical (unpaired) electrons. The number of Topliss-reactive ketones (excluding diaryl/α,β-unsaturated/α-hetero) is 1. The Balaban J connectivity index is 1.61. The van der Waals surface area contributed by atoms with Gasteiger partial charge in [-0.25, -0.2) is 4.79 Å². The fourth-order valence-corrected chi connectivity index (χ4v) is 6.44. The zero-order chi connectivity index (χ0) is 26.1. The standard InChI is InChI=1S/C30H32BrNO5/c1-17-27(30(34)37-20-11-7-8-12-20)28(21-15-25(35-2)26(36-3)16-22(21)31)29-23(32-17)13-19(14-24(29)33)18-9-5-4-6-10-18/h4-6,9-10,15-16,19-20,28,32H,7-8,11-14H2,1-3H3/t19-,28+/m0/s1. The number of halogens is 1. The number of hydrogen-bond donors (Lipinski definition) is 1. The molecule has 1 heterocycles. The Hall–Kier alpha value is -3.06. The van der Waals surface area contributed by atoms with Crippen molar-refractivity contribution < 1.29 is 23.8 Å². The minimum atomic E-state index is -0.580. The summed E-state index contributed by atoms with van der Waals surface area (Å²) in [4.78, 5) is 27.5. The van der Waals surface area contributed by atoms with Gasteiger partial charge in [0.05, 0.1) is 19.8 Å². The van der Waals surface area contributed by atoms with Crippen LogP contribution in [0.5, 0.6) is 11.5 Å². The molecule has 1 saturated carbocycles. The van der Waals surface area contributed by atoms with Crippen LogP contribution in [0, 0.1) is 0 Å². The molecule has 0 saturated heterocycles. The Morgan fingerprint density at radius 2 is 1.68 bits per heavy atom. The second-order valence-electron chi connectivity index (χ2n) is 9.97. The first-order valence-electron chi connectivity index (χ1n) is 12.8. The summed E-state index contributed by atoms with van der Waals surface area (Å²) in [6.45, 7) is 1.90. The average Bonchev–Trinajstić information content (AvgIpc) is 3.41. The second kappa shape index (κ2) is 10.7. The Morgan fingerprint density at radius 3 is 2.35 bits per heavy atom. The number of benzene rings is 2. The molecule has 0 amide bonds. The van der Waals surface area contributed by atoms with Crippen molar-refractivity contribution in [2.75, 3.05) is 14.2 Å². The van der Waals surface area contributed by atoms with Gasteiger partial charge in [-0.2, -0.15) is 0 Å². The number of ether oxygens (including phenoxy) is 3. The Labute approximate surface area is 226 Å². The van der Waals surface area contributed by atoms with Crippen molar-refractivity contribution in [1.82, 2.24) is 5.32 Å². The molecule has 6 nitrogen and oxygen atoms in total. The maximum absolute atomic E-state index is 13.9. The predicted octanol–water partition coefficient (Wildman–Crippen LogP) is 6.31. The maximum atomic E-state index is 13.9. The molecule has 0 spiro atoms. The minimum Gasteiger partial charge on any atom is -0.493 e. The summed E-state index contributed by atoms with van der Waals surface area (Å²) in [5.74, 6) is 0.267. The van der Waals surface area contributed by atoms with E-state index < -0.39 is 5.92 Å². The highest BCUT2D eigenvalue weighted by molar-refractivity contribution is 9.10. The molecule has 194 valence electrons. The number of nitrogens with one attached hydrogen (secondary N) is 1. The lowest BCUT2D eigenvalue weighted by molar-refractivity contribution is -0.144. The molecule has 0 bridgehead atoms. The maximum Gasteiger partial charge on any atom is 0.337 e. The van der Waals surface area contributed by atoms with Gasteiger partial charge >= 0.3 is 5.97 Å². The van der Waals surface area contributed by atoms with Crippen molar-refractivity contribution >= 4 is 27.7 Å². The van der Waals surface area contributed by atoms with Crippen molar-refractivity contribution in [1.29, 1.82) is 0 Å². The predicted molar refractivity (Wildman–Crippen MR) is 145 cm³/mol. The molecule has 5 rings (SSSR count). The number of carbonyl (C=O) groups is 2. The third kappa shape index (κ3) is 4.93. The zero-order valence-corrected chi connectivity index (χ0v) is 23.0. The van der Waals surface area contributed by atoms with Crippen LogP contribution in [0.2, 0.25) is 0 Å². The van der Waals surface area contributed by atoms with Gasteiger partial charge in [0.15, 0.2) is 17.3 Å². The first-order valence-corrected chi connectivity index (χ1v) is 13.6. The molecule has 3 aliphatic rings. The van der Waals surface area contributed by atoms with Crippen LogP contribution in [0.25, 0.3) is 0 Å². The van der Waals surface area contributed by atoms with E-state index in [9.17, 15) is 9.59 Å². The largest absolute Gasteiger partial charge is 0.493 e. The van der Waals surface area contributed by atoms with Crippen molar-refractivity contribution in [3.8, 4) is 11.5 Å². The van der Waals surface area contributed by atoms with E-state index >= 15 is 0 Å². The fourth-order valence-electron chi connectivity index (χ4n) is 5.89. The molecule has 37 heavy (non-hydrogen) atoms. The number of esters is 1. The number of ketones is 1. The van der Waals surface area contributed by atoms with Crippen LogP contribution in [0.3, 0.4) is 0 Å². The molecule has 2 atom stereocenters. The van der Waals surface area contributed by atoms with E-state index in [1.165, 1.54) is 0 Å². The van der Waals surface area contributed by atoms with Crippen LogP contribution < -0.4 is 14.8 Å². The first-order chi connectivity index (χ1) is 17.9. The number of allylic oxidation sites excluding steroid dienone is 3. The molecule has 2 aromatic carbocycles. The van der Waals surface area contributed by atoms with Gasteiger partial charge in [-0.1, -0.05) is 46.3 Å². The molecule has 0 unspecified atom stereocenters. The van der Waals surface area contributed by atoms with E-state index in [4.69, 9.17) is 14.2 Å². The first kappa shape index (κ1) is 25.6. The summed E-state index contributed by atoms with van der Waals surface area (Å²) < 4.78 is 17.8. The van der Waals surface area contributed by atoms with Crippen LogP contribution in [0.15, 0.2) is 69.5 Å². The van der Waals surface area contributed by atoms with Crippen molar-refractivity contribution in [2.45, 2.75) is 63.4 Å². The summed E-state index contributed by atoms with van der Waals surface area (Å²) >= 11 is 3.69. The van der Waals surface area contributed by atoms with Gasteiger partial charge in [0.1, 0.15) is 6.10 Å². The monoisotopic (exact) mass is 565 g/mol. The summed E-state index contributed by atoms with van der Waals surface area (Å²) in [5.41, 5.74) is 4.60. The highest BCUT2D eigenvalue weighted by atomic mass is 79.9. The van der Waals surface area contributed by atoms with E-state index in [2.05, 4.69) is 33.4 Å². The third-order valence-corrected chi connectivity index (χ3v) is 8.40. The number of rotatable bonds is 6. The topological polar surface area (TPSA) is 73.9 Å². The normalized spacial score (nSPS) is 22.0. The van der Waals surface area contributed by atoms with E-state index in [1.54, 1.807) is 14.2 Å². The Kier molecular flexibility index (Phi) is 7.43. The third-order valence-electron chi connectivity index (χ3n) is 7.71. The summed E-state index contributed by atoms with van der Waals surface area (Å²) in [6, 6.07) is 13.8. The van der Waals surface area contributed by atoms with Gasteiger partial charge in [-0.3, -0.25) is 4.79 Å². The van der Waals surface area contributed by atoms with Crippen LogP contribution >= 0.6 is 15.9 Å². The zero-order valence-electron chi connectivity index (χ0n) is 21.4. The molecule has 1 N–H and O–H groups in total. The second-order valence-corrected chi connectivity index (χ2v) is 10.8. The van der Waals surface area contributed by atoms with Crippen molar-refractivity contribution in [3.05, 3.63) is 80.6 Å². The lowest BCUT2D eigenvalue weighted by atomic mass is 9.71. The van der Waals surface area contributed by atoms with Gasteiger partial charge in [0.2, 0.25) is 0 Å². The van der Waals surface area contributed by atoms with Crippen LogP contribution in [-0.4, -0.2) is 32.1 Å². The number of methoxy groups -OCH3 is 2. The van der Waals surface area contributed by atoms with Gasteiger partial charge in [-0.05, 0) is 68.2 Å². The van der Waals surface area contributed by atoms with Crippen LogP contribution in [0.4, 0.5) is 0 Å². The number of dihydropyridines is 1. The lowest BCUT2D eigenvalue weighted by Gasteiger charge is -2.37. The minimum absolute atomic E-state index is 0.0351. The lowest BCUT2D eigenvalue weighted by Crippen LogP contribution is -2.36. The molecule has 1 aliphatic heterocycles. The highest BCUT2D eigenvalue weighted by Gasteiger charge is 2.43. The van der Waals surface area contributed by atoms with Crippen molar-refractivity contribution in [2.24, 2.45) is 0 Å². The van der Waals surface area contributed by atoms with Crippen molar-refractivity contribution in [3.63, 3.8) is 0 Å². The van der Waals surface area contributed by atoms with Gasteiger partial charge in [0.25, 0.3) is 0 Å². The fraction of sp³-hybridized carbons (Fsp3) is 0.400. The van der Waals surface area contributed by atoms with E-state index in [0.29, 0.717) is 35.5 Å². The van der Waals surface area contributed by atoms with E-state index in [0.717, 1.165) is 52.7 Å². The molecule has 0 aromatic heterocycles. The van der Waals surface area contributed by atoms with E-state index in [1.807, 2.05) is 37.3 Å². The van der Waals surface area contributed by atoms with Gasteiger partial charge in [-0.15, -0.1) is 0 Å². The van der Waals surface area contributed by atoms with Crippen LogP contribution in [0.1, 0.15) is 68.4 Å².